The molecular weight excluding hydrogens is 326 g/mol. The second-order valence-corrected chi connectivity index (χ2v) is 5.93. The Morgan fingerprint density at radius 2 is 1.76 bits per heavy atom. The van der Waals surface area contributed by atoms with Crippen LogP contribution in [0.15, 0.2) is 12.1 Å². The molecule has 0 aliphatic rings. The lowest BCUT2D eigenvalue weighted by Gasteiger charge is -2.25. The zero-order chi connectivity index (χ0) is 19.0. The molecule has 1 aromatic carbocycles. The van der Waals surface area contributed by atoms with Crippen LogP contribution in [0.4, 0.5) is 0 Å². The Bertz CT molecular complexity index is 616. The first-order chi connectivity index (χ1) is 11.8. The van der Waals surface area contributed by atoms with Gasteiger partial charge in [0.25, 0.3) is 0 Å². The maximum atomic E-state index is 12.2. The molecule has 1 aromatic rings. The van der Waals surface area contributed by atoms with Gasteiger partial charge in [-0.3, -0.25) is 4.79 Å². The summed E-state index contributed by atoms with van der Waals surface area (Å²) >= 11 is 0. The first-order valence-electron chi connectivity index (χ1n) is 8.15. The Morgan fingerprint density at radius 1 is 1.12 bits per heavy atom. The smallest absolute Gasteiger partial charge is 0.329 e. The standard InChI is InChI=1S/C18H27NO6/c1-6-11-18(2,17(21)22)19-14(20)10-8-12-7-9-13(23-3)16(25-5)15(12)24-4/h7,9H,6,8,10-11H2,1-5H3,(H,19,20)(H,21,22). The van der Waals surface area contributed by atoms with Gasteiger partial charge < -0.3 is 24.6 Å². The molecule has 0 heterocycles. The number of carbonyl (C=O) groups is 2. The molecule has 0 saturated carbocycles. The number of aliphatic carboxylic acids is 1. The minimum absolute atomic E-state index is 0.137. The minimum Gasteiger partial charge on any atom is -0.493 e. The topological polar surface area (TPSA) is 94.1 Å². The van der Waals surface area contributed by atoms with Crippen molar-refractivity contribution in [1.29, 1.82) is 0 Å². The van der Waals surface area contributed by atoms with Crippen molar-refractivity contribution in [2.45, 2.75) is 45.1 Å². The van der Waals surface area contributed by atoms with E-state index in [1.54, 1.807) is 12.1 Å². The maximum absolute atomic E-state index is 12.2. The van der Waals surface area contributed by atoms with Gasteiger partial charge in [-0.2, -0.15) is 0 Å². The van der Waals surface area contributed by atoms with Gasteiger partial charge in [0.2, 0.25) is 11.7 Å². The minimum atomic E-state index is -1.26. The monoisotopic (exact) mass is 353 g/mol. The van der Waals surface area contributed by atoms with E-state index in [4.69, 9.17) is 14.2 Å². The molecule has 0 spiro atoms. The maximum Gasteiger partial charge on any atom is 0.329 e. The highest BCUT2D eigenvalue weighted by atomic mass is 16.5. The highest BCUT2D eigenvalue weighted by Gasteiger charge is 2.33. The van der Waals surface area contributed by atoms with Crippen molar-refractivity contribution in [3.8, 4) is 17.2 Å². The average Bonchev–Trinajstić information content (AvgIpc) is 2.58. The molecule has 0 aliphatic heterocycles. The van der Waals surface area contributed by atoms with Crippen LogP contribution in [0.1, 0.15) is 38.7 Å². The van der Waals surface area contributed by atoms with E-state index in [0.717, 1.165) is 5.56 Å². The van der Waals surface area contributed by atoms with Crippen molar-refractivity contribution in [3.63, 3.8) is 0 Å². The predicted molar refractivity (Wildman–Crippen MR) is 93.5 cm³/mol. The number of aryl methyl sites for hydroxylation is 1. The van der Waals surface area contributed by atoms with E-state index in [2.05, 4.69) is 5.32 Å². The fourth-order valence-corrected chi connectivity index (χ4v) is 2.70. The molecular formula is C18H27NO6. The normalized spacial score (nSPS) is 12.8. The van der Waals surface area contributed by atoms with Crippen molar-refractivity contribution in [3.05, 3.63) is 17.7 Å². The summed E-state index contributed by atoms with van der Waals surface area (Å²) in [6.45, 7) is 3.40. The second kappa shape index (κ2) is 9.15. The summed E-state index contributed by atoms with van der Waals surface area (Å²) in [5.41, 5.74) is -0.476. The Balaban J connectivity index is 2.87. The number of carboxylic acids is 1. The molecule has 2 N–H and O–H groups in total. The van der Waals surface area contributed by atoms with Gasteiger partial charge in [0.1, 0.15) is 5.54 Å². The molecule has 0 fully saturated rings. The number of amides is 1. The molecule has 1 rings (SSSR count). The fraction of sp³-hybridized carbons (Fsp3) is 0.556. The van der Waals surface area contributed by atoms with E-state index in [-0.39, 0.29) is 12.3 Å². The van der Waals surface area contributed by atoms with Crippen LogP contribution < -0.4 is 19.5 Å². The van der Waals surface area contributed by atoms with Gasteiger partial charge in [-0.05, 0) is 31.4 Å². The fourth-order valence-electron chi connectivity index (χ4n) is 2.70. The Morgan fingerprint density at radius 3 is 2.24 bits per heavy atom. The molecule has 140 valence electrons. The number of rotatable bonds is 10. The van der Waals surface area contributed by atoms with E-state index in [1.807, 2.05) is 6.92 Å². The molecule has 1 unspecified atom stereocenters. The number of nitrogens with one attached hydrogen (secondary N) is 1. The quantitative estimate of drug-likeness (QED) is 0.671. The van der Waals surface area contributed by atoms with Gasteiger partial charge in [-0.15, -0.1) is 0 Å². The number of ether oxygens (including phenoxy) is 3. The van der Waals surface area contributed by atoms with Crippen LogP contribution in [0.5, 0.6) is 17.2 Å². The lowest BCUT2D eigenvalue weighted by Crippen LogP contribution is -2.52. The third-order valence-electron chi connectivity index (χ3n) is 4.04. The molecule has 0 aromatic heterocycles. The van der Waals surface area contributed by atoms with Gasteiger partial charge in [-0.1, -0.05) is 19.4 Å². The summed E-state index contributed by atoms with van der Waals surface area (Å²) in [5, 5.41) is 12.0. The van der Waals surface area contributed by atoms with E-state index < -0.39 is 11.5 Å². The van der Waals surface area contributed by atoms with Gasteiger partial charge in [0, 0.05) is 6.42 Å². The van der Waals surface area contributed by atoms with Gasteiger partial charge in [0.05, 0.1) is 21.3 Å². The Hall–Kier alpha value is -2.44. The molecule has 7 nitrogen and oxygen atoms in total. The first kappa shape index (κ1) is 20.6. The summed E-state index contributed by atoms with van der Waals surface area (Å²) < 4.78 is 15.9. The lowest BCUT2D eigenvalue weighted by molar-refractivity contribution is -0.147. The molecule has 7 heteroatoms. The number of hydrogen-bond acceptors (Lipinski definition) is 5. The third kappa shape index (κ3) is 5.01. The SMILES string of the molecule is CCCC(C)(NC(=O)CCc1ccc(OC)c(OC)c1OC)C(=O)O. The van der Waals surface area contributed by atoms with Crippen molar-refractivity contribution in [1.82, 2.24) is 5.32 Å². The molecule has 0 aliphatic carbocycles. The van der Waals surface area contributed by atoms with E-state index in [9.17, 15) is 14.7 Å². The van der Waals surface area contributed by atoms with Crippen molar-refractivity contribution >= 4 is 11.9 Å². The van der Waals surface area contributed by atoms with Crippen molar-refractivity contribution in [2.24, 2.45) is 0 Å². The van der Waals surface area contributed by atoms with Crippen molar-refractivity contribution in [2.75, 3.05) is 21.3 Å². The molecule has 0 saturated heterocycles. The Kier molecular flexibility index (Phi) is 7.54. The molecule has 1 amide bonds. The van der Waals surface area contributed by atoms with Crippen LogP contribution in [-0.4, -0.2) is 43.9 Å². The van der Waals surface area contributed by atoms with E-state index in [0.29, 0.717) is 36.5 Å². The summed E-state index contributed by atoms with van der Waals surface area (Å²) in [6, 6.07) is 3.54. The number of hydrogen-bond donors (Lipinski definition) is 2. The zero-order valence-electron chi connectivity index (χ0n) is 15.5. The van der Waals surface area contributed by atoms with E-state index in [1.165, 1.54) is 28.3 Å². The van der Waals surface area contributed by atoms with E-state index >= 15 is 0 Å². The summed E-state index contributed by atoms with van der Waals surface area (Å²) in [6.07, 6.45) is 1.55. The summed E-state index contributed by atoms with van der Waals surface area (Å²) in [7, 11) is 4.56. The largest absolute Gasteiger partial charge is 0.493 e. The molecule has 1 atom stereocenters. The predicted octanol–water partition coefficient (Wildman–Crippen LogP) is 2.40. The van der Waals surface area contributed by atoms with Crippen molar-refractivity contribution < 1.29 is 28.9 Å². The van der Waals surface area contributed by atoms with Gasteiger partial charge in [-0.25, -0.2) is 4.79 Å². The number of methoxy groups -OCH3 is 3. The highest BCUT2D eigenvalue weighted by Crippen LogP contribution is 2.40. The molecule has 0 bridgehead atoms. The zero-order valence-corrected chi connectivity index (χ0v) is 15.5. The lowest BCUT2D eigenvalue weighted by atomic mass is 9.95. The number of benzene rings is 1. The van der Waals surface area contributed by atoms with Crippen LogP contribution in [0.2, 0.25) is 0 Å². The highest BCUT2D eigenvalue weighted by molar-refractivity contribution is 5.86. The third-order valence-corrected chi connectivity index (χ3v) is 4.04. The summed E-state index contributed by atoms with van der Waals surface area (Å²) in [5.74, 6) is 0.143. The number of carboxylic acid groups (broad SMARTS) is 1. The van der Waals surface area contributed by atoms with Crippen LogP contribution >= 0.6 is 0 Å². The molecule has 0 radical (unpaired) electrons. The van der Waals surface area contributed by atoms with Crippen LogP contribution in [0.3, 0.4) is 0 Å². The first-order valence-corrected chi connectivity index (χ1v) is 8.15. The van der Waals surface area contributed by atoms with Crippen LogP contribution in [0, 0.1) is 0 Å². The second-order valence-electron chi connectivity index (χ2n) is 5.93. The summed E-state index contributed by atoms with van der Waals surface area (Å²) in [4.78, 5) is 23.6. The average molecular weight is 353 g/mol. The number of carbonyl (C=O) groups excluding carboxylic acids is 1. The Labute approximate surface area is 148 Å². The molecule has 25 heavy (non-hydrogen) atoms. The van der Waals surface area contributed by atoms with Gasteiger partial charge in [0.15, 0.2) is 11.5 Å². The van der Waals surface area contributed by atoms with Crippen LogP contribution in [0.25, 0.3) is 0 Å². The van der Waals surface area contributed by atoms with Crippen LogP contribution in [-0.2, 0) is 16.0 Å². The van der Waals surface area contributed by atoms with Gasteiger partial charge >= 0.3 is 5.97 Å².